The van der Waals surface area contributed by atoms with Crippen LogP contribution in [-0.4, -0.2) is 47.5 Å². The van der Waals surface area contributed by atoms with E-state index in [0.717, 1.165) is 35.9 Å². The summed E-state index contributed by atoms with van der Waals surface area (Å²) in [6.07, 6.45) is 4.49. The average molecular weight is 436 g/mol. The number of aliphatic hydroxyl groups excluding tert-OH is 1. The van der Waals surface area contributed by atoms with Crippen LogP contribution in [-0.2, 0) is 13.1 Å². The van der Waals surface area contributed by atoms with Crippen molar-refractivity contribution in [2.45, 2.75) is 64.6 Å². The molecule has 0 amide bonds. The van der Waals surface area contributed by atoms with Crippen LogP contribution in [0.3, 0.4) is 0 Å². The SMILES string of the molecule is CC(C)c1cc(CNCc2cc(Cl)ccc2OC[C@@H](O)CN2CCCCCC2)on1. The second-order valence-electron chi connectivity index (χ2n) is 8.41. The van der Waals surface area contributed by atoms with E-state index in [1.54, 1.807) is 0 Å². The third-order valence-electron chi connectivity index (χ3n) is 5.40. The summed E-state index contributed by atoms with van der Waals surface area (Å²) in [5, 5.41) is 18.5. The highest BCUT2D eigenvalue weighted by Gasteiger charge is 2.15. The monoisotopic (exact) mass is 435 g/mol. The Labute approximate surface area is 184 Å². The van der Waals surface area contributed by atoms with Crippen LogP contribution in [0.1, 0.15) is 62.5 Å². The molecule has 1 aromatic carbocycles. The Bertz CT molecular complexity index is 773. The fourth-order valence-corrected chi connectivity index (χ4v) is 3.88. The summed E-state index contributed by atoms with van der Waals surface area (Å²) in [4.78, 5) is 2.34. The van der Waals surface area contributed by atoms with Gasteiger partial charge in [0.05, 0.1) is 12.2 Å². The Morgan fingerprint density at radius 3 is 2.63 bits per heavy atom. The zero-order valence-electron chi connectivity index (χ0n) is 18.1. The van der Waals surface area contributed by atoms with Gasteiger partial charge in [-0.3, -0.25) is 0 Å². The van der Waals surface area contributed by atoms with Gasteiger partial charge in [-0.2, -0.15) is 0 Å². The summed E-state index contributed by atoms with van der Waals surface area (Å²) in [6.45, 7) is 8.38. The van der Waals surface area contributed by atoms with E-state index in [9.17, 15) is 5.11 Å². The molecule has 1 aromatic heterocycles. The normalized spacial score (nSPS) is 16.6. The second-order valence-corrected chi connectivity index (χ2v) is 8.84. The van der Waals surface area contributed by atoms with Crippen LogP contribution in [0.5, 0.6) is 5.75 Å². The molecule has 0 saturated carbocycles. The largest absolute Gasteiger partial charge is 0.491 e. The molecule has 0 unspecified atom stereocenters. The molecule has 0 aliphatic carbocycles. The van der Waals surface area contributed by atoms with Gasteiger partial charge in [0.2, 0.25) is 0 Å². The Balaban J connectivity index is 1.49. The van der Waals surface area contributed by atoms with Crippen LogP contribution in [0.4, 0.5) is 0 Å². The van der Waals surface area contributed by atoms with Crippen molar-refractivity contribution in [1.29, 1.82) is 0 Å². The lowest BCUT2D eigenvalue weighted by Gasteiger charge is -2.23. The standard InChI is InChI=1S/C23H34ClN3O3/c1-17(2)22-12-21(30-26-22)14-25-13-18-11-19(24)7-8-23(18)29-16-20(28)15-27-9-5-3-4-6-10-27/h7-8,11-12,17,20,25,28H,3-6,9-10,13-16H2,1-2H3/t20-/m0/s1. The molecule has 6 nitrogen and oxygen atoms in total. The first-order valence-electron chi connectivity index (χ1n) is 11.0. The van der Waals surface area contributed by atoms with E-state index in [1.165, 1.54) is 25.7 Å². The van der Waals surface area contributed by atoms with Gasteiger partial charge in [-0.25, -0.2) is 0 Å². The molecule has 166 valence electrons. The van der Waals surface area contributed by atoms with E-state index in [4.69, 9.17) is 20.9 Å². The van der Waals surface area contributed by atoms with Crippen LogP contribution in [0, 0.1) is 0 Å². The van der Waals surface area contributed by atoms with Gasteiger partial charge in [0.1, 0.15) is 18.5 Å². The first-order chi connectivity index (χ1) is 14.5. The first kappa shape index (κ1) is 23.1. The van der Waals surface area contributed by atoms with Crippen LogP contribution in [0.2, 0.25) is 5.02 Å². The fourth-order valence-electron chi connectivity index (χ4n) is 3.69. The number of likely N-dealkylation sites (tertiary alicyclic amines) is 1. The third kappa shape index (κ3) is 7.27. The molecule has 1 saturated heterocycles. The van der Waals surface area contributed by atoms with Crippen molar-refractivity contribution in [3.8, 4) is 5.75 Å². The lowest BCUT2D eigenvalue weighted by atomic mass is 10.1. The van der Waals surface area contributed by atoms with Gasteiger partial charge in [-0.05, 0) is 50.0 Å². The van der Waals surface area contributed by atoms with Crippen LogP contribution in [0.25, 0.3) is 0 Å². The first-order valence-corrected chi connectivity index (χ1v) is 11.4. The molecular formula is C23H34ClN3O3. The zero-order chi connectivity index (χ0) is 21.3. The Kier molecular flexibility index (Phi) is 9.00. The van der Waals surface area contributed by atoms with Gasteiger partial charge in [0, 0.05) is 29.7 Å². The lowest BCUT2D eigenvalue weighted by molar-refractivity contribution is 0.0690. The van der Waals surface area contributed by atoms with Gasteiger partial charge < -0.3 is 24.6 Å². The number of aromatic nitrogens is 1. The van der Waals surface area contributed by atoms with E-state index in [2.05, 4.69) is 29.2 Å². The fraction of sp³-hybridized carbons (Fsp3) is 0.609. The number of aliphatic hydroxyl groups is 1. The Hall–Kier alpha value is -1.60. The minimum Gasteiger partial charge on any atom is -0.491 e. The second kappa shape index (κ2) is 11.7. The number of halogens is 1. The smallest absolute Gasteiger partial charge is 0.150 e. The highest BCUT2D eigenvalue weighted by molar-refractivity contribution is 6.30. The zero-order valence-corrected chi connectivity index (χ0v) is 18.8. The highest BCUT2D eigenvalue weighted by atomic mass is 35.5. The number of nitrogens with one attached hydrogen (secondary N) is 1. The molecule has 3 rings (SSSR count). The third-order valence-corrected chi connectivity index (χ3v) is 5.64. The van der Waals surface area contributed by atoms with Crippen molar-refractivity contribution in [2.24, 2.45) is 0 Å². The van der Waals surface area contributed by atoms with Gasteiger partial charge in [0.25, 0.3) is 0 Å². The maximum absolute atomic E-state index is 10.4. The molecule has 2 heterocycles. The van der Waals surface area contributed by atoms with Crippen molar-refractivity contribution >= 4 is 11.6 Å². The van der Waals surface area contributed by atoms with E-state index >= 15 is 0 Å². The number of nitrogens with zero attached hydrogens (tertiary/aromatic N) is 2. The summed E-state index contributed by atoms with van der Waals surface area (Å²) in [7, 11) is 0. The topological polar surface area (TPSA) is 70.8 Å². The number of rotatable bonds is 10. The predicted molar refractivity (Wildman–Crippen MR) is 119 cm³/mol. The molecule has 1 aliphatic rings. The van der Waals surface area contributed by atoms with E-state index < -0.39 is 6.10 Å². The van der Waals surface area contributed by atoms with Crippen molar-refractivity contribution in [2.75, 3.05) is 26.2 Å². The maximum Gasteiger partial charge on any atom is 0.150 e. The molecule has 2 aromatic rings. The average Bonchev–Trinajstić information content (AvgIpc) is 3.05. The number of ether oxygens (including phenoxy) is 1. The minimum atomic E-state index is -0.511. The molecule has 0 radical (unpaired) electrons. The Morgan fingerprint density at radius 1 is 1.17 bits per heavy atom. The summed E-state index contributed by atoms with van der Waals surface area (Å²) in [5.74, 6) is 1.88. The highest BCUT2D eigenvalue weighted by Crippen LogP contribution is 2.23. The summed E-state index contributed by atoms with van der Waals surface area (Å²) in [6, 6.07) is 7.55. The van der Waals surface area contributed by atoms with Crippen LogP contribution in [0.15, 0.2) is 28.8 Å². The van der Waals surface area contributed by atoms with Crippen LogP contribution < -0.4 is 10.1 Å². The molecule has 1 atom stereocenters. The van der Waals surface area contributed by atoms with Crippen molar-refractivity contribution in [3.63, 3.8) is 0 Å². The van der Waals surface area contributed by atoms with E-state index in [-0.39, 0.29) is 6.61 Å². The lowest BCUT2D eigenvalue weighted by Crippen LogP contribution is -2.36. The van der Waals surface area contributed by atoms with Gasteiger partial charge in [-0.15, -0.1) is 0 Å². The Morgan fingerprint density at radius 2 is 1.93 bits per heavy atom. The maximum atomic E-state index is 10.4. The van der Waals surface area contributed by atoms with E-state index in [1.807, 2.05) is 24.3 Å². The molecule has 1 fully saturated rings. The van der Waals surface area contributed by atoms with Crippen molar-refractivity contribution in [3.05, 3.63) is 46.3 Å². The number of hydrogen-bond donors (Lipinski definition) is 2. The van der Waals surface area contributed by atoms with Gasteiger partial charge >= 0.3 is 0 Å². The van der Waals surface area contributed by atoms with Crippen LogP contribution >= 0.6 is 11.6 Å². The molecule has 7 heteroatoms. The summed E-state index contributed by atoms with van der Waals surface area (Å²) >= 11 is 6.19. The number of β-amino-alcohol motifs (C(OH)–C–C–N with tert-alkyl or cyclic N) is 1. The molecule has 30 heavy (non-hydrogen) atoms. The minimum absolute atomic E-state index is 0.269. The van der Waals surface area contributed by atoms with Crippen molar-refractivity contribution < 1.29 is 14.4 Å². The van der Waals surface area contributed by atoms with Gasteiger partial charge in [-0.1, -0.05) is 43.4 Å². The predicted octanol–water partition coefficient (Wildman–Crippen LogP) is 4.36. The molecule has 1 aliphatic heterocycles. The van der Waals surface area contributed by atoms with E-state index in [0.29, 0.717) is 30.6 Å². The van der Waals surface area contributed by atoms with Gasteiger partial charge in [0.15, 0.2) is 5.76 Å². The molecule has 0 spiro atoms. The molecular weight excluding hydrogens is 402 g/mol. The molecule has 2 N–H and O–H groups in total. The molecule has 0 bridgehead atoms. The summed E-state index contributed by atoms with van der Waals surface area (Å²) < 4.78 is 11.3. The quantitative estimate of drug-likeness (QED) is 0.577. The number of hydrogen-bond acceptors (Lipinski definition) is 6. The van der Waals surface area contributed by atoms with Crippen molar-refractivity contribution in [1.82, 2.24) is 15.4 Å². The summed E-state index contributed by atoms with van der Waals surface area (Å²) in [5.41, 5.74) is 1.91. The number of benzene rings is 1.